The molecule has 1 fully saturated rings. The summed E-state index contributed by atoms with van der Waals surface area (Å²) >= 11 is 0. The average Bonchev–Trinajstić information content (AvgIpc) is 2.68. The van der Waals surface area contributed by atoms with Gasteiger partial charge in [0.25, 0.3) is 5.56 Å². The van der Waals surface area contributed by atoms with E-state index in [2.05, 4.69) is 0 Å². The minimum absolute atomic E-state index is 0.305. The van der Waals surface area contributed by atoms with Crippen molar-refractivity contribution in [1.29, 1.82) is 0 Å². The number of aliphatic hydroxyl groups excluding tert-OH is 3. The third-order valence-corrected chi connectivity index (χ3v) is 3.27. The van der Waals surface area contributed by atoms with Gasteiger partial charge in [-0.25, -0.2) is 4.79 Å². The summed E-state index contributed by atoms with van der Waals surface area (Å²) in [7, 11) is 1.31. The first-order valence-corrected chi connectivity index (χ1v) is 5.79. The van der Waals surface area contributed by atoms with Crippen molar-refractivity contribution < 1.29 is 20.1 Å². The van der Waals surface area contributed by atoms with Crippen LogP contribution in [0.5, 0.6) is 0 Å². The zero-order valence-electron chi connectivity index (χ0n) is 10.6. The van der Waals surface area contributed by atoms with Gasteiger partial charge in [0, 0.05) is 18.8 Å². The zero-order chi connectivity index (χ0) is 14.3. The third kappa shape index (κ3) is 2.12. The van der Waals surface area contributed by atoms with Gasteiger partial charge in [0.1, 0.15) is 18.3 Å². The molecule has 2 heterocycles. The fourth-order valence-electron chi connectivity index (χ4n) is 2.14. The van der Waals surface area contributed by atoms with Crippen LogP contribution in [0.3, 0.4) is 0 Å². The molecule has 2 rings (SSSR count). The molecule has 8 nitrogen and oxygen atoms in total. The minimum Gasteiger partial charge on any atom is -0.394 e. The molecule has 0 aromatic carbocycles. The number of hydrogen-bond donors (Lipinski definition) is 3. The summed E-state index contributed by atoms with van der Waals surface area (Å²) < 4.78 is 7.18. The normalized spacial score (nSPS) is 30.8. The lowest BCUT2D eigenvalue weighted by Crippen LogP contribution is -2.43. The first-order valence-electron chi connectivity index (χ1n) is 5.79. The van der Waals surface area contributed by atoms with Gasteiger partial charge in [-0.15, -0.1) is 0 Å². The third-order valence-electron chi connectivity index (χ3n) is 3.27. The molecule has 1 unspecified atom stereocenters. The quantitative estimate of drug-likeness (QED) is 0.547. The highest BCUT2D eigenvalue weighted by Crippen LogP contribution is 2.27. The molecular formula is C11H16N2O6. The summed E-state index contributed by atoms with van der Waals surface area (Å²) in [4.78, 5) is 23.5. The van der Waals surface area contributed by atoms with E-state index in [9.17, 15) is 19.8 Å². The van der Waals surface area contributed by atoms with Crippen LogP contribution in [0.1, 0.15) is 11.8 Å². The van der Waals surface area contributed by atoms with Crippen LogP contribution < -0.4 is 11.2 Å². The Balaban J connectivity index is 2.50. The summed E-state index contributed by atoms with van der Waals surface area (Å²) in [5.74, 6) is 0. The number of aliphatic hydroxyl groups is 3. The fraction of sp³-hybridized carbons (Fsp3) is 0.636. The number of ether oxygens (including phenoxy) is 1. The van der Waals surface area contributed by atoms with Crippen LogP contribution in [0.25, 0.3) is 0 Å². The second-order valence-corrected chi connectivity index (χ2v) is 4.59. The second kappa shape index (κ2) is 4.89. The maximum absolute atomic E-state index is 12.0. The Morgan fingerprint density at radius 3 is 2.47 bits per heavy atom. The molecule has 1 saturated heterocycles. The van der Waals surface area contributed by atoms with Crippen molar-refractivity contribution in [2.75, 3.05) is 6.61 Å². The molecule has 0 bridgehead atoms. The molecule has 0 radical (unpaired) electrons. The first kappa shape index (κ1) is 13.9. The molecule has 0 saturated carbocycles. The van der Waals surface area contributed by atoms with Crippen molar-refractivity contribution >= 4 is 0 Å². The Morgan fingerprint density at radius 2 is 1.95 bits per heavy atom. The first-order chi connectivity index (χ1) is 8.88. The van der Waals surface area contributed by atoms with E-state index in [1.807, 2.05) is 0 Å². The van der Waals surface area contributed by atoms with E-state index in [4.69, 9.17) is 9.84 Å². The van der Waals surface area contributed by atoms with Crippen LogP contribution in [0.15, 0.2) is 15.8 Å². The van der Waals surface area contributed by atoms with Crippen LogP contribution in [-0.2, 0) is 11.8 Å². The monoisotopic (exact) mass is 272 g/mol. The Morgan fingerprint density at radius 1 is 1.32 bits per heavy atom. The van der Waals surface area contributed by atoms with E-state index in [1.165, 1.54) is 20.2 Å². The molecule has 0 amide bonds. The molecule has 3 N–H and O–H groups in total. The number of aryl methyl sites for hydroxylation is 1. The Kier molecular flexibility index (Phi) is 3.59. The fourth-order valence-corrected chi connectivity index (χ4v) is 2.14. The standard InChI is InChI=1S/C11H16N2O6/c1-5-3-13(11(18)12(2)9(5)17)10-8(16)7(15)6(4-14)19-10/h3,6-8,10,14-16H,4H2,1-2H3/t6-,7+,8?,10-/m1/s1. The van der Waals surface area contributed by atoms with Crippen molar-refractivity contribution in [1.82, 2.24) is 9.13 Å². The van der Waals surface area contributed by atoms with Crippen LogP contribution in [0.2, 0.25) is 0 Å². The van der Waals surface area contributed by atoms with Crippen molar-refractivity contribution in [2.45, 2.75) is 31.5 Å². The predicted molar refractivity (Wildman–Crippen MR) is 63.7 cm³/mol. The predicted octanol–water partition coefficient (Wildman–Crippen LogP) is -2.53. The highest BCUT2D eigenvalue weighted by molar-refractivity contribution is 5.04. The van der Waals surface area contributed by atoms with Gasteiger partial charge < -0.3 is 20.1 Å². The second-order valence-electron chi connectivity index (χ2n) is 4.59. The van der Waals surface area contributed by atoms with Crippen molar-refractivity contribution in [2.24, 2.45) is 7.05 Å². The Hall–Kier alpha value is -1.48. The molecule has 8 heteroatoms. The van der Waals surface area contributed by atoms with Crippen molar-refractivity contribution in [3.05, 3.63) is 32.6 Å². The molecule has 0 spiro atoms. The highest BCUT2D eigenvalue weighted by Gasteiger charge is 2.43. The van der Waals surface area contributed by atoms with Gasteiger partial charge in [0.05, 0.1) is 6.61 Å². The topological polar surface area (TPSA) is 114 Å². The summed E-state index contributed by atoms with van der Waals surface area (Å²) in [6.07, 6.45) is -3.48. The van der Waals surface area contributed by atoms with Gasteiger partial charge in [-0.1, -0.05) is 0 Å². The van der Waals surface area contributed by atoms with E-state index in [0.29, 0.717) is 5.56 Å². The lowest BCUT2D eigenvalue weighted by molar-refractivity contribution is -0.0555. The van der Waals surface area contributed by atoms with E-state index in [-0.39, 0.29) is 0 Å². The van der Waals surface area contributed by atoms with Gasteiger partial charge in [-0.2, -0.15) is 0 Å². The van der Waals surface area contributed by atoms with Gasteiger partial charge in [-0.05, 0) is 6.92 Å². The van der Waals surface area contributed by atoms with E-state index in [1.54, 1.807) is 0 Å². The van der Waals surface area contributed by atoms with Crippen LogP contribution in [-0.4, -0.2) is 49.4 Å². The number of nitrogens with zero attached hydrogens (tertiary/aromatic N) is 2. The van der Waals surface area contributed by atoms with Gasteiger partial charge in [0.15, 0.2) is 6.23 Å². The van der Waals surface area contributed by atoms with E-state index >= 15 is 0 Å². The summed E-state index contributed by atoms with van der Waals surface area (Å²) in [6, 6.07) is 0. The van der Waals surface area contributed by atoms with Gasteiger partial charge in [0.2, 0.25) is 0 Å². The molecule has 0 aliphatic carbocycles. The highest BCUT2D eigenvalue weighted by atomic mass is 16.6. The maximum atomic E-state index is 12.0. The van der Waals surface area contributed by atoms with Crippen LogP contribution >= 0.6 is 0 Å². The van der Waals surface area contributed by atoms with Gasteiger partial charge >= 0.3 is 5.69 Å². The maximum Gasteiger partial charge on any atom is 0.332 e. The zero-order valence-corrected chi connectivity index (χ0v) is 10.6. The SMILES string of the molecule is Cc1cn([C@@H]2O[C@H](CO)[C@H](O)C2O)c(=O)n(C)c1=O. The van der Waals surface area contributed by atoms with Crippen molar-refractivity contribution in [3.8, 4) is 0 Å². The van der Waals surface area contributed by atoms with Crippen molar-refractivity contribution in [3.63, 3.8) is 0 Å². The summed E-state index contributed by atoms with van der Waals surface area (Å²) in [5, 5.41) is 28.5. The van der Waals surface area contributed by atoms with E-state index < -0.39 is 42.4 Å². The molecule has 4 atom stereocenters. The Labute approximate surface area is 108 Å². The molecule has 19 heavy (non-hydrogen) atoms. The summed E-state index contributed by atoms with van der Waals surface area (Å²) in [5.41, 5.74) is -0.793. The largest absolute Gasteiger partial charge is 0.394 e. The molecule has 1 aromatic heterocycles. The smallest absolute Gasteiger partial charge is 0.332 e. The average molecular weight is 272 g/mol. The van der Waals surface area contributed by atoms with E-state index in [0.717, 1.165) is 9.13 Å². The lowest BCUT2D eigenvalue weighted by Gasteiger charge is -2.18. The Bertz CT molecular complexity index is 592. The number of rotatable bonds is 2. The molecule has 1 aromatic rings. The minimum atomic E-state index is -1.35. The number of aromatic nitrogens is 2. The molecule has 106 valence electrons. The van der Waals surface area contributed by atoms with Crippen LogP contribution in [0.4, 0.5) is 0 Å². The molecular weight excluding hydrogens is 256 g/mol. The van der Waals surface area contributed by atoms with Crippen LogP contribution in [0, 0.1) is 6.92 Å². The van der Waals surface area contributed by atoms with Gasteiger partial charge in [-0.3, -0.25) is 13.9 Å². The summed E-state index contributed by atoms with van der Waals surface area (Å²) in [6.45, 7) is 1.05. The molecule has 1 aliphatic rings. The number of hydrogen-bond acceptors (Lipinski definition) is 6. The molecule has 1 aliphatic heterocycles. The lowest BCUT2D eigenvalue weighted by atomic mass is 10.1.